The van der Waals surface area contributed by atoms with Crippen molar-refractivity contribution in [3.05, 3.63) is 35.7 Å². The van der Waals surface area contributed by atoms with Gasteiger partial charge in [0.1, 0.15) is 12.3 Å². The van der Waals surface area contributed by atoms with Crippen LogP contribution < -0.4 is 10.1 Å². The number of carbonyl (C=O) groups is 2. The number of thioether (sulfide) groups is 1. The molecule has 114 valence electrons. The molecule has 0 saturated carbocycles. The van der Waals surface area contributed by atoms with Crippen LogP contribution in [-0.4, -0.2) is 43.2 Å². The summed E-state index contributed by atoms with van der Waals surface area (Å²) in [5.41, 5.74) is 0.641. The van der Waals surface area contributed by atoms with Crippen LogP contribution >= 0.6 is 11.8 Å². The smallest absolute Gasteiger partial charge is 0.247 e. The van der Waals surface area contributed by atoms with Gasteiger partial charge in [0.25, 0.3) is 0 Å². The van der Waals surface area contributed by atoms with E-state index in [1.54, 1.807) is 36.8 Å². The standard InChI is InChI=1S/C15H20N2O3S/c1-4-17(15(19)8-9-21-3)11-14(18)16-12-6-5-7-13(10-12)20-2/h5-10H,4,11H2,1-3H3,(H,16,18). The molecule has 1 aromatic carbocycles. The Morgan fingerprint density at radius 1 is 1.43 bits per heavy atom. The third-order valence-corrected chi connectivity index (χ3v) is 3.14. The summed E-state index contributed by atoms with van der Waals surface area (Å²) in [5.74, 6) is 0.253. The molecule has 0 atom stereocenters. The molecule has 1 rings (SSSR count). The van der Waals surface area contributed by atoms with Gasteiger partial charge in [-0.3, -0.25) is 9.59 Å². The summed E-state index contributed by atoms with van der Waals surface area (Å²) in [5, 5.41) is 4.45. The van der Waals surface area contributed by atoms with Crippen LogP contribution in [0.2, 0.25) is 0 Å². The van der Waals surface area contributed by atoms with Crippen LogP contribution in [0, 0.1) is 0 Å². The first-order valence-electron chi connectivity index (χ1n) is 6.52. The summed E-state index contributed by atoms with van der Waals surface area (Å²) >= 11 is 1.44. The topological polar surface area (TPSA) is 58.6 Å². The molecule has 0 heterocycles. The Hall–Kier alpha value is -1.95. The molecule has 6 heteroatoms. The molecule has 0 fully saturated rings. The average molecular weight is 308 g/mol. The lowest BCUT2D eigenvalue weighted by Gasteiger charge is -2.18. The van der Waals surface area contributed by atoms with E-state index >= 15 is 0 Å². The molecule has 0 aliphatic heterocycles. The van der Waals surface area contributed by atoms with E-state index in [4.69, 9.17) is 4.74 Å². The SMILES string of the molecule is CCN(CC(=O)Nc1cccc(OC)c1)C(=O)C=CSC. The van der Waals surface area contributed by atoms with Gasteiger partial charge in [0, 0.05) is 24.4 Å². The molecule has 5 nitrogen and oxygen atoms in total. The number of carbonyl (C=O) groups excluding carboxylic acids is 2. The fourth-order valence-electron chi connectivity index (χ4n) is 1.65. The van der Waals surface area contributed by atoms with Gasteiger partial charge in [-0.1, -0.05) is 6.07 Å². The molecule has 0 aliphatic rings. The molecule has 1 aromatic rings. The summed E-state index contributed by atoms with van der Waals surface area (Å²) in [6, 6.07) is 7.08. The van der Waals surface area contributed by atoms with E-state index in [1.807, 2.05) is 13.2 Å². The number of hydrogen-bond acceptors (Lipinski definition) is 4. The molecular formula is C15H20N2O3S. The highest BCUT2D eigenvalue weighted by atomic mass is 32.2. The number of nitrogens with one attached hydrogen (secondary N) is 1. The van der Waals surface area contributed by atoms with Gasteiger partial charge in [-0.2, -0.15) is 0 Å². The van der Waals surface area contributed by atoms with Gasteiger partial charge in [-0.25, -0.2) is 0 Å². The second-order valence-corrected chi connectivity index (χ2v) is 4.91. The molecule has 0 aromatic heterocycles. The molecule has 0 saturated heterocycles. The van der Waals surface area contributed by atoms with Crippen molar-refractivity contribution in [2.45, 2.75) is 6.92 Å². The molecule has 0 bridgehead atoms. The maximum absolute atomic E-state index is 12.0. The van der Waals surface area contributed by atoms with Gasteiger partial charge < -0.3 is 15.0 Å². The quantitative estimate of drug-likeness (QED) is 0.786. The van der Waals surface area contributed by atoms with Crippen LogP contribution in [-0.2, 0) is 9.59 Å². The lowest BCUT2D eigenvalue weighted by Crippen LogP contribution is -2.36. The van der Waals surface area contributed by atoms with E-state index in [1.165, 1.54) is 22.7 Å². The van der Waals surface area contributed by atoms with E-state index in [9.17, 15) is 9.59 Å². The van der Waals surface area contributed by atoms with Crippen molar-refractivity contribution >= 4 is 29.3 Å². The molecule has 21 heavy (non-hydrogen) atoms. The normalized spacial score (nSPS) is 10.4. The van der Waals surface area contributed by atoms with Crippen LogP contribution in [0.5, 0.6) is 5.75 Å². The first-order chi connectivity index (χ1) is 10.1. The fourth-order valence-corrected chi connectivity index (χ4v) is 1.90. The Morgan fingerprint density at radius 3 is 2.81 bits per heavy atom. The Bertz CT molecular complexity index is 517. The predicted octanol–water partition coefficient (Wildman–Crippen LogP) is 2.36. The van der Waals surface area contributed by atoms with Gasteiger partial charge in [0.05, 0.1) is 7.11 Å². The molecule has 0 spiro atoms. The van der Waals surface area contributed by atoms with Gasteiger partial charge in [0.2, 0.25) is 11.8 Å². The van der Waals surface area contributed by atoms with E-state index < -0.39 is 0 Å². The van der Waals surface area contributed by atoms with E-state index in [2.05, 4.69) is 5.32 Å². The summed E-state index contributed by atoms with van der Waals surface area (Å²) in [4.78, 5) is 25.3. The molecule has 0 unspecified atom stereocenters. The summed E-state index contributed by atoms with van der Waals surface area (Å²) in [7, 11) is 1.57. The van der Waals surface area contributed by atoms with E-state index in [-0.39, 0.29) is 18.4 Å². The Kier molecular flexibility index (Phi) is 7.39. The van der Waals surface area contributed by atoms with Crippen molar-refractivity contribution in [2.75, 3.05) is 31.8 Å². The fraction of sp³-hybridized carbons (Fsp3) is 0.333. The first-order valence-corrected chi connectivity index (χ1v) is 7.81. The minimum atomic E-state index is -0.240. The summed E-state index contributed by atoms with van der Waals surface area (Å²) in [6.07, 6.45) is 3.34. The Labute approximate surface area is 129 Å². The monoisotopic (exact) mass is 308 g/mol. The number of likely N-dealkylation sites (N-methyl/N-ethyl adjacent to an activating group) is 1. The number of benzene rings is 1. The maximum atomic E-state index is 12.0. The highest BCUT2D eigenvalue weighted by Crippen LogP contribution is 2.16. The largest absolute Gasteiger partial charge is 0.497 e. The first kappa shape index (κ1) is 17.1. The number of amides is 2. The van der Waals surface area contributed by atoms with Crippen LogP contribution in [0.1, 0.15) is 6.92 Å². The molecule has 0 radical (unpaired) electrons. The van der Waals surface area contributed by atoms with Crippen LogP contribution in [0.25, 0.3) is 0 Å². The van der Waals surface area contributed by atoms with Crippen LogP contribution in [0.4, 0.5) is 5.69 Å². The number of rotatable bonds is 7. The van der Waals surface area contributed by atoms with Crippen molar-refractivity contribution in [3.63, 3.8) is 0 Å². The highest BCUT2D eigenvalue weighted by Gasteiger charge is 2.13. The second kappa shape index (κ2) is 9.07. The lowest BCUT2D eigenvalue weighted by atomic mass is 10.3. The van der Waals surface area contributed by atoms with Crippen molar-refractivity contribution in [3.8, 4) is 5.75 Å². The number of anilines is 1. The van der Waals surface area contributed by atoms with Crippen LogP contribution in [0.15, 0.2) is 35.7 Å². The third kappa shape index (κ3) is 5.91. The lowest BCUT2D eigenvalue weighted by molar-refractivity contribution is -0.130. The minimum absolute atomic E-state index is 0.0191. The van der Waals surface area contributed by atoms with Gasteiger partial charge in [-0.05, 0) is 30.7 Å². The number of methoxy groups -OCH3 is 1. The van der Waals surface area contributed by atoms with Crippen molar-refractivity contribution in [1.29, 1.82) is 0 Å². The second-order valence-electron chi connectivity index (χ2n) is 4.17. The number of ether oxygens (including phenoxy) is 1. The third-order valence-electron chi connectivity index (χ3n) is 2.73. The molecular weight excluding hydrogens is 288 g/mol. The maximum Gasteiger partial charge on any atom is 0.247 e. The summed E-state index contributed by atoms with van der Waals surface area (Å²) < 4.78 is 5.09. The van der Waals surface area contributed by atoms with Gasteiger partial charge >= 0.3 is 0 Å². The van der Waals surface area contributed by atoms with Gasteiger partial charge in [0.15, 0.2) is 0 Å². The zero-order valence-corrected chi connectivity index (χ0v) is 13.3. The molecule has 2 amide bonds. The Morgan fingerprint density at radius 2 is 2.19 bits per heavy atom. The van der Waals surface area contributed by atoms with Crippen LogP contribution in [0.3, 0.4) is 0 Å². The minimum Gasteiger partial charge on any atom is -0.497 e. The summed E-state index contributed by atoms with van der Waals surface area (Å²) in [6.45, 7) is 2.33. The number of nitrogens with zero attached hydrogens (tertiary/aromatic N) is 1. The van der Waals surface area contributed by atoms with Crippen molar-refractivity contribution < 1.29 is 14.3 Å². The number of hydrogen-bond donors (Lipinski definition) is 1. The zero-order valence-electron chi connectivity index (χ0n) is 12.5. The van der Waals surface area contributed by atoms with Gasteiger partial charge in [-0.15, -0.1) is 11.8 Å². The van der Waals surface area contributed by atoms with E-state index in [0.717, 1.165) is 0 Å². The Balaban J connectivity index is 2.62. The highest BCUT2D eigenvalue weighted by molar-refractivity contribution is 8.01. The zero-order chi connectivity index (χ0) is 15.7. The van der Waals surface area contributed by atoms with Crippen molar-refractivity contribution in [1.82, 2.24) is 4.90 Å². The average Bonchev–Trinajstić information content (AvgIpc) is 2.50. The van der Waals surface area contributed by atoms with E-state index in [0.29, 0.717) is 18.0 Å². The van der Waals surface area contributed by atoms with Crippen molar-refractivity contribution in [2.24, 2.45) is 0 Å². The molecule has 0 aliphatic carbocycles. The predicted molar refractivity (Wildman–Crippen MR) is 86.5 cm³/mol. The molecule has 1 N–H and O–H groups in total.